The predicted octanol–water partition coefficient (Wildman–Crippen LogP) is 3.66. The van der Waals surface area contributed by atoms with Gasteiger partial charge in [0, 0.05) is 18.5 Å². The molecule has 28 heavy (non-hydrogen) atoms. The first kappa shape index (κ1) is 18.3. The van der Waals surface area contributed by atoms with E-state index in [2.05, 4.69) is 10.2 Å². The molecule has 0 radical (unpaired) electrons. The van der Waals surface area contributed by atoms with Crippen molar-refractivity contribution < 1.29 is 13.9 Å². The van der Waals surface area contributed by atoms with Gasteiger partial charge in [-0.3, -0.25) is 4.79 Å². The zero-order chi connectivity index (χ0) is 19.7. The van der Waals surface area contributed by atoms with Gasteiger partial charge in [-0.2, -0.15) is 0 Å². The van der Waals surface area contributed by atoms with Crippen LogP contribution in [0, 0.1) is 0 Å². The fourth-order valence-electron chi connectivity index (χ4n) is 3.64. The number of fused-ring (bicyclic) bond motifs is 1. The largest absolute Gasteiger partial charge is 0.422 e. The molecule has 2 aromatic carbocycles. The number of nitrogens with zero attached hydrogens (tertiary/aromatic N) is 1. The van der Waals surface area contributed by atoms with E-state index in [9.17, 15) is 9.59 Å². The van der Waals surface area contributed by atoms with E-state index >= 15 is 0 Å². The maximum absolute atomic E-state index is 12.8. The van der Waals surface area contributed by atoms with E-state index in [1.54, 1.807) is 24.3 Å². The summed E-state index contributed by atoms with van der Waals surface area (Å²) in [5, 5.41) is 3.58. The van der Waals surface area contributed by atoms with E-state index in [1.165, 1.54) is 0 Å². The van der Waals surface area contributed by atoms with Crippen LogP contribution in [0.5, 0.6) is 0 Å². The molecule has 3 aromatic rings. The molecule has 0 saturated carbocycles. The van der Waals surface area contributed by atoms with Crippen LogP contribution in [0.4, 0.5) is 11.4 Å². The van der Waals surface area contributed by atoms with E-state index in [0.717, 1.165) is 18.8 Å². The van der Waals surface area contributed by atoms with Crippen molar-refractivity contribution in [3.05, 3.63) is 70.6 Å². The average molecular weight is 378 g/mol. The number of morpholine rings is 1. The molecule has 2 atom stereocenters. The zero-order valence-electron chi connectivity index (χ0n) is 15.8. The lowest BCUT2D eigenvalue weighted by molar-refractivity contribution is -0.00517. The van der Waals surface area contributed by atoms with E-state index in [-0.39, 0.29) is 17.8 Å². The molecule has 0 bridgehead atoms. The second-order valence-electron chi connectivity index (χ2n) is 7.12. The summed E-state index contributed by atoms with van der Waals surface area (Å²) >= 11 is 0. The highest BCUT2D eigenvalue weighted by Crippen LogP contribution is 2.29. The van der Waals surface area contributed by atoms with E-state index in [0.29, 0.717) is 16.7 Å². The zero-order valence-corrected chi connectivity index (χ0v) is 15.8. The van der Waals surface area contributed by atoms with Crippen LogP contribution in [0.25, 0.3) is 11.0 Å². The highest BCUT2D eigenvalue weighted by molar-refractivity contribution is 6.07. The second kappa shape index (κ2) is 7.48. The lowest BCUT2D eigenvalue weighted by Crippen LogP contribution is -2.45. The number of para-hydroxylation sites is 3. The van der Waals surface area contributed by atoms with Crippen molar-refractivity contribution in [2.24, 2.45) is 0 Å². The Labute approximate surface area is 162 Å². The van der Waals surface area contributed by atoms with Crippen molar-refractivity contribution in [3.8, 4) is 0 Å². The van der Waals surface area contributed by atoms with Gasteiger partial charge in [-0.25, -0.2) is 4.79 Å². The standard InChI is InChI=1S/C22H22N2O4/c1-14-12-24(13-15(2)27-14)19-9-5-4-8-18(19)23-21(25)17-11-16-7-3-6-10-20(16)28-22(17)26/h3-11,14-15H,12-13H2,1-2H3,(H,23,25). The first-order valence-corrected chi connectivity index (χ1v) is 9.35. The Hall–Kier alpha value is -3.12. The third-order valence-electron chi connectivity index (χ3n) is 4.80. The Morgan fingerprint density at radius 1 is 1.04 bits per heavy atom. The molecule has 4 rings (SSSR count). The van der Waals surface area contributed by atoms with E-state index < -0.39 is 11.5 Å². The molecular formula is C22H22N2O4. The number of anilines is 2. The fraction of sp³-hybridized carbons (Fsp3) is 0.273. The summed E-state index contributed by atoms with van der Waals surface area (Å²) in [6.07, 6.45) is 0.195. The minimum atomic E-state index is -0.651. The number of carbonyl (C=O) groups excluding carboxylic acids is 1. The third kappa shape index (κ3) is 3.64. The van der Waals surface area contributed by atoms with Crippen LogP contribution in [-0.2, 0) is 4.74 Å². The summed E-state index contributed by atoms with van der Waals surface area (Å²) in [4.78, 5) is 27.3. The Morgan fingerprint density at radius 3 is 2.50 bits per heavy atom. The van der Waals surface area contributed by atoms with Gasteiger partial charge in [-0.1, -0.05) is 30.3 Å². The van der Waals surface area contributed by atoms with Crippen molar-refractivity contribution in [2.75, 3.05) is 23.3 Å². The van der Waals surface area contributed by atoms with Crippen LogP contribution >= 0.6 is 0 Å². The van der Waals surface area contributed by atoms with Gasteiger partial charge in [0.05, 0.1) is 23.6 Å². The van der Waals surface area contributed by atoms with Crippen LogP contribution in [0.3, 0.4) is 0 Å². The number of hydrogen-bond donors (Lipinski definition) is 1. The van der Waals surface area contributed by atoms with Gasteiger partial charge >= 0.3 is 5.63 Å². The van der Waals surface area contributed by atoms with Crippen LogP contribution in [0.2, 0.25) is 0 Å². The molecule has 1 aliphatic rings. The summed E-state index contributed by atoms with van der Waals surface area (Å²) in [6, 6.07) is 16.3. The van der Waals surface area contributed by atoms with Gasteiger partial charge in [0.1, 0.15) is 11.1 Å². The number of benzene rings is 2. The minimum Gasteiger partial charge on any atom is -0.422 e. The SMILES string of the molecule is CC1CN(c2ccccc2NC(=O)c2cc3ccccc3oc2=O)CC(C)O1. The molecule has 0 aliphatic carbocycles. The molecule has 1 N–H and O–H groups in total. The number of rotatable bonds is 3. The van der Waals surface area contributed by atoms with Gasteiger partial charge in [-0.05, 0) is 38.1 Å². The Bertz CT molecular complexity index is 1070. The highest BCUT2D eigenvalue weighted by atomic mass is 16.5. The van der Waals surface area contributed by atoms with Crippen molar-refractivity contribution in [3.63, 3.8) is 0 Å². The van der Waals surface area contributed by atoms with Crippen LogP contribution < -0.4 is 15.8 Å². The van der Waals surface area contributed by atoms with Crippen molar-refractivity contribution in [1.82, 2.24) is 0 Å². The summed E-state index contributed by atoms with van der Waals surface area (Å²) in [5.74, 6) is -0.485. The summed E-state index contributed by atoms with van der Waals surface area (Å²) in [6.45, 7) is 5.53. The highest BCUT2D eigenvalue weighted by Gasteiger charge is 2.24. The lowest BCUT2D eigenvalue weighted by Gasteiger charge is -2.37. The summed E-state index contributed by atoms with van der Waals surface area (Å²) < 4.78 is 11.1. The average Bonchev–Trinajstić information content (AvgIpc) is 2.67. The number of hydrogen-bond acceptors (Lipinski definition) is 5. The molecule has 6 nitrogen and oxygen atoms in total. The molecule has 144 valence electrons. The maximum Gasteiger partial charge on any atom is 0.349 e. The molecule has 0 spiro atoms. The minimum absolute atomic E-state index is 0.0165. The predicted molar refractivity (Wildman–Crippen MR) is 109 cm³/mol. The molecule has 1 fully saturated rings. The number of amides is 1. The van der Waals surface area contributed by atoms with Crippen molar-refractivity contribution in [1.29, 1.82) is 0 Å². The third-order valence-corrected chi connectivity index (χ3v) is 4.80. The first-order chi connectivity index (χ1) is 13.5. The van der Waals surface area contributed by atoms with Gasteiger partial charge in [0.25, 0.3) is 5.91 Å². The van der Waals surface area contributed by atoms with Crippen LogP contribution in [-0.4, -0.2) is 31.2 Å². The number of nitrogens with one attached hydrogen (secondary N) is 1. The molecule has 2 heterocycles. The van der Waals surface area contributed by atoms with Crippen molar-refractivity contribution in [2.45, 2.75) is 26.1 Å². The molecular weight excluding hydrogens is 356 g/mol. The first-order valence-electron chi connectivity index (χ1n) is 9.35. The monoisotopic (exact) mass is 378 g/mol. The van der Waals surface area contributed by atoms with Crippen molar-refractivity contribution >= 4 is 28.3 Å². The normalized spacial score (nSPS) is 19.6. The van der Waals surface area contributed by atoms with Gasteiger partial charge in [-0.15, -0.1) is 0 Å². The summed E-state index contributed by atoms with van der Waals surface area (Å²) in [5.41, 5.74) is 1.35. The summed E-state index contributed by atoms with van der Waals surface area (Å²) in [7, 11) is 0. The Kier molecular flexibility index (Phi) is 4.88. The quantitative estimate of drug-likeness (QED) is 0.704. The lowest BCUT2D eigenvalue weighted by atomic mass is 10.1. The smallest absolute Gasteiger partial charge is 0.349 e. The van der Waals surface area contributed by atoms with Gasteiger partial charge in [0.15, 0.2) is 0 Å². The van der Waals surface area contributed by atoms with E-state index in [1.807, 2.05) is 44.2 Å². The molecule has 1 saturated heterocycles. The molecule has 2 unspecified atom stereocenters. The molecule has 6 heteroatoms. The van der Waals surface area contributed by atoms with Crippen LogP contribution in [0.15, 0.2) is 63.8 Å². The van der Waals surface area contributed by atoms with Gasteiger partial charge < -0.3 is 19.4 Å². The van der Waals surface area contributed by atoms with Gasteiger partial charge in [0.2, 0.25) is 0 Å². The van der Waals surface area contributed by atoms with Crippen LogP contribution in [0.1, 0.15) is 24.2 Å². The second-order valence-corrected chi connectivity index (χ2v) is 7.12. The fourth-order valence-corrected chi connectivity index (χ4v) is 3.64. The molecule has 1 amide bonds. The number of carbonyl (C=O) groups is 1. The Morgan fingerprint density at radius 2 is 1.71 bits per heavy atom. The number of ether oxygens (including phenoxy) is 1. The molecule has 1 aliphatic heterocycles. The topological polar surface area (TPSA) is 71.8 Å². The Balaban J connectivity index is 1.64. The molecule has 1 aromatic heterocycles. The maximum atomic E-state index is 12.8. The van der Waals surface area contributed by atoms with E-state index in [4.69, 9.17) is 9.15 Å².